The Morgan fingerprint density at radius 3 is 2.77 bits per heavy atom. The maximum Gasteiger partial charge on any atom is 0.414 e. The average Bonchev–Trinajstić information content (AvgIpc) is 2.09. The minimum Gasteiger partial charge on any atom is -0.518 e. The van der Waals surface area contributed by atoms with Gasteiger partial charge in [0.25, 0.3) is 0 Å². The fourth-order valence-electron chi connectivity index (χ4n) is 0.993. The zero-order chi connectivity index (χ0) is 9.68. The zero-order valence-corrected chi connectivity index (χ0v) is 8.72. The third-order valence-corrected chi connectivity index (χ3v) is 3.21. The standard InChI is InChI=1S/C9H13O3Si/c1-2-7-13(11)12-9-6-4-3-5-8(9)10/h3-6,10,13H,2,7H2,1H3. The summed E-state index contributed by atoms with van der Waals surface area (Å²) < 4.78 is 5.12. The van der Waals surface area contributed by atoms with Gasteiger partial charge in [-0.05, 0) is 12.1 Å². The van der Waals surface area contributed by atoms with Crippen molar-refractivity contribution in [1.82, 2.24) is 0 Å². The molecule has 1 rings (SSSR count). The second-order valence-corrected chi connectivity index (χ2v) is 4.48. The van der Waals surface area contributed by atoms with Crippen molar-refractivity contribution in [1.29, 1.82) is 0 Å². The maximum absolute atomic E-state index is 11.3. The highest BCUT2D eigenvalue weighted by molar-refractivity contribution is 6.43. The van der Waals surface area contributed by atoms with E-state index >= 15 is 0 Å². The van der Waals surface area contributed by atoms with Crippen molar-refractivity contribution in [2.75, 3.05) is 0 Å². The number of aromatic hydroxyl groups is 1. The molecular weight excluding hydrogens is 184 g/mol. The summed E-state index contributed by atoms with van der Waals surface area (Å²) in [6.45, 7) is 1.95. The van der Waals surface area contributed by atoms with E-state index in [1.807, 2.05) is 6.92 Å². The van der Waals surface area contributed by atoms with Crippen LogP contribution in [0.5, 0.6) is 11.5 Å². The molecule has 4 heteroatoms. The molecule has 1 aromatic rings. The fraction of sp³-hybridized carbons (Fsp3) is 0.333. The Hall–Kier alpha value is -1.00. The van der Waals surface area contributed by atoms with Gasteiger partial charge in [-0.2, -0.15) is 0 Å². The molecule has 0 saturated carbocycles. The van der Waals surface area contributed by atoms with Crippen LogP contribution in [0, 0.1) is 0 Å². The highest BCUT2D eigenvalue weighted by Gasteiger charge is 2.12. The van der Waals surface area contributed by atoms with E-state index in [0.717, 1.165) is 6.42 Å². The molecule has 0 spiro atoms. The van der Waals surface area contributed by atoms with Crippen LogP contribution in [0.2, 0.25) is 6.04 Å². The van der Waals surface area contributed by atoms with Crippen LogP contribution in [0.15, 0.2) is 24.3 Å². The van der Waals surface area contributed by atoms with Gasteiger partial charge in [-0.15, -0.1) is 0 Å². The Kier molecular flexibility index (Phi) is 3.79. The molecule has 0 aromatic heterocycles. The van der Waals surface area contributed by atoms with Crippen molar-refractivity contribution in [3.63, 3.8) is 0 Å². The Bertz CT molecular complexity index is 265. The molecule has 3 nitrogen and oxygen atoms in total. The largest absolute Gasteiger partial charge is 0.518 e. The van der Waals surface area contributed by atoms with E-state index in [-0.39, 0.29) is 5.75 Å². The van der Waals surface area contributed by atoms with Gasteiger partial charge in [0.05, 0.1) is 0 Å². The number of hydrogen-bond donors (Lipinski definition) is 1. The van der Waals surface area contributed by atoms with Gasteiger partial charge < -0.3 is 9.53 Å². The Labute approximate surface area is 79.5 Å². The second kappa shape index (κ2) is 4.89. The summed E-state index contributed by atoms with van der Waals surface area (Å²) in [6, 6.07) is 7.16. The van der Waals surface area contributed by atoms with Gasteiger partial charge in [-0.25, -0.2) is 4.80 Å². The first-order valence-electron chi connectivity index (χ1n) is 4.34. The van der Waals surface area contributed by atoms with E-state index in [0.29, 0.717) is 11.8 Å². The molecule has 1 atom stereocenters. The van der Waals surface area contributed by atoms with Crippen molar-refractivity contribution in [2.45, 2.75) is 19.4 Å². The summed E-state index contributed by atoms with van der Waals surface area (Å²) in [5, 5.41) is 9.29. The number of phenolic OH excluding ortho intramolecular Hbond substituents is 1. The molecule has 0 saturated heterocycles. The van der Waals surface area contributed by atoms with Gasteiger partial charge in [0.1, 0.15) is 5.75 Å². The molecular formula is C9H13O3Si. The van der Waals surface area contributed by atoms with Gasteiger partial charge in [0.15, 0.2) is 5.75 Å². The lowest BCUT2D eigenvalue weighted by atomic mass is 10.3. The van der Waals surface area contributed by atoms with Crippen LogP contribution in [0.25, 0.3) is 0 Å². The van der Waals surface area contributed by atoms with Crippen molar-refractivity contribution in [3.8, 4) is 11.5 Å². The number of rotatable bonds is 4. The lowest BCUT2D eigenvalue weighted by Crippen LogP contribution is -2.18. The molecule has 0 fully saturated rings. The van der Waals surface area contributed by atoms with Crippen LogP contribution in [0.1, 0.15) is 13.3 Å². The molecule has 0 bridgehead atoms. The lowest BCUT2D eigenvalue weighted by Gasteiger charge is -2.10. The average molecular weight is 197 g/mol. The van der Waals surface area contributed by atoms with Crippen LogP contribution in [0.4, 0.5) is 0 Å². The molecule has 0 heterocycles. The molecule has 1 unspecified atom stereocenters. The van der Waals surface area contributed by atoms with E-state index < -0.39 is 9.28 Å². The molecule has 1 radical (unpaired) electrons. The molecule has 0 aliphatic heterocycles. The van der Waals surface area contributed by atoms with Crippen LogP contribution in [-0.4, -0.2) is 14.4 Å². The summed E-state index contributed by atoms with van der Waals surface area (Å²) in [5.41, 5.74) is 0. The lowest BCUT2D eigenvalue weighted by molar-refractivity contribution is 0.331. The normalized spacial score (nSPS) is 12.5. The van der Waals surface area contributed by atoms with Crippen LogP contribution < -0.4 is 4.43 Å². The predicted octanol–water partition coefficient (Wildman–Crippen LogP) is 1.83. The minimum atomic E-state index is -2.37. The number of benzene rings is 1. The van der Waals surface area contributed by atoms with E-state index in [2.05, 4.69) is 0 Å². The second-order valence-electron chi connectivity index (χ2n) is 2.80. The quantitative estimate of drug-likeness (QED) is 0.749. The van der Waals surface area contributed by atoms with E-state index in [9.17, 15) is 9.90 Å². The van der Waals surface area contributed by atoms with Crippen molar-refractivity contribution >= 4 is 9.28 Å². The van der Waals surface area contributed by atoms with Crippen LogP contribution in [0.3, 0.4) is 0 Å². The van der Waals surface area contributed by atoms with Crippen LogP contribution >= 0.6 is 0 Å². The SMILES string of the molecule is CCC[SiH]([O])Oc1ccccc1O. The topological polar surface area (TPSA) is 49.4 Å². The highest BCUT2D eigenvalue weighted by Crippen LogP contribution is 2.25. The summed E-state index contributed by atoms with van der Waals surface area (Å²) in [6.07, 6.45) is 0.841. The Morgan fingerprint density at radius 1 is 1.46 bits per heavy atom. The number of hydrogen-bond acceptors (Lipinski definition) is 2. The summed E-state index contributed by atoms with van der Waals surface area (Å²) >= 11 is 0. The summed E-state index contributed by atoms with van der Waals surface area (Å²) in [5.74, 6) is 0.370. The summed E-state index contributed by atoms with van der Waals surface area (Å²) in [7, 11) is -2.37. The Morgan fingerprint density at radius 2 is 2.15 bits per heavy atom. The van der Waals surface area contributed by atoms with E-state index in [1.165, 1.54) is 6.07 Å². The van der Waals surface area contributed by atoms with Crippen LogP contribution in [-0.2, 0) is 4.80 Å². The van der Waals surface area contributed by atoms with Gasteiger partial charge in [0, 0.05) is 6.04 Å². The maximum atomic E-state index is 11.3. The zero-order valence-electron chi connectivity index (χ0n) is 7.56. The monoisotopic (exact) mass is 197 g/mol. The summed E-state index contributed by atoms with van der Waals surface area (Å²) in [4.78, 5) is 11.3. The number of phenols is 1. The van der Waals surface area contributed by atoms with Gasteiger partial charge in [0.2, 0.25) is 0 Å². The smallest absolute Gasteiger partial charge is 0.414 e. The van der Waals surface area contributed by atoms with E-state index in [4.69, 9.17) is 4.43 Å². The Balaban J connectivity index is 2.58. The van der Waals surface area contributed by atoms with Gasteiger partial charge in [-0.3, -0.25) is 0 Å². The number of para-hydroxylation sites is 2. The minimum absolute atomic E-state index is 0.0481. The first-order valence-corrected chi connectivity index (χ1v) is 6.10. The molecule has 1 N–H and O–H groups in total. The third-order valence-electron chi connectivity index (χ3n) is 1.65. The first kappa shape index (κ1) is 10.1. The first-order chi connectivity index (χ1) is 6.24. The molecule has 71 valence electrons. The molecule has 0 aliphatic carbocycles. The van der Waals surface area contributed by atoms with Crippen molar-refractivity contribution < 1.29 is 14.3 Å². The van der Waals surface area contributed by atoms with E-state index in [1.54, 1.807) is 18.2 Å². The van der Waals surface area contributed by atoms with Gasteiger partial charge in [-0.1, -0.05) is 25.5 Å². The molecule has 13 heavy (non-hydrogen) atoms. The molecule has 0 amide bonds. The highest BCUT2D eigenvalue weighted by atomic mass is 28.3. The third kappa shape index (κ3) is 3.08. The molecule has 1 aromatic carbocycles. The molecule has 0 aliphatic rings. The van der Waals surface area contributed by atoms with Gasteiger partial charge >= 0.3 is 9.28 Å². The van der Waals surface area contributed by atoms with Crippen molar-refractivity contribution in [2.24, 2.45) is 0 Å². The van der Waals surface area contributed by atoms with Crippen molar-refractivity contribution in [3.05, 3.63) is 24.3 Å². The fourth-order valence-corrected chi connectivity index (χ4v) is 2.06. The predicted molar refractivity (Wildman–Crippen MR) is 51.7 cm³/mol.